The number of ether oxygens (including phenoxy) is 2. The Morgan fingerprint density at radius 2 is 2.40 bits per heavy atom. The summed E-state index contributed by atoms with van der Waals surface area (Å²) in [5.74, 6) is -0.257. The average molecular weight is 281 g/mol. The van der Waals surface area contributed by atoms with Gasteiger partial charge in [0.15, 0.2) is 11.6 Å². The second-order valence-electron chi connectivity index (χ2n) is 4.87. The molecule has 5 heteroatoms. The zero-order chi connectivity index (χ0) is 14.4. The van der Waals surface area contributed by atoms with Crippen LogP contribution >= 0.6 is 0 Å². The van der Waals surface area contributed by atoms with E-state index in [9.17, 15) is 9.18 Å². The van der Waals surface area contributed by atoms with Gasteiger partial charge in [-0.15, -0.1) is 0 Å². The molecule has 1 aliphatic heterocycles. The van der Waals surface area contributed by atoms with Crippen molar-refractivity contribution in [3.05, 3.63) is 29.6 Å². The van der Waals surface area contributed by atoms with Crippen LogP contribution in [0.15, 0.2) is 18.2 Å². The van der Waals surface area contributed by atoms with E-state index in [4.69, 9.17) is 9.47 Å². The second-order valence-corrected chi connectivity index (χ2v) is 4.87. The molecule has 0 saturated carbocycles. The van der Waals surface area contributed by atoms with Crippen molar-refractivity contribution in [1.82, 2.24) is 5.32 Å². The molecule has 1 aromatic rings. The number of rotatable bonds is 6. The van der Waals surface area contributed by atoms with Gasteiger partial charge in [-0.05, 0) is 30.9 Å². The molecule has 1 saturated heterocycles. The molecule has 0 spiro atoms. The molecule has 0 aliphatic carbocycles. The number of carbonyl (C=O) groups excluding carboxylic acids is 1. The number of nitrogens with one attached hydrogen (secondary N) is 1. The Labute approximate surface area is 118 Å². The first-order valence-electron chi connectivity index (χ1n) is 6.90. The Morgan fingerprint density at radius 3 is 3.10 bits per heavy atom. The van der Waals surface area contributed by atoms with E-state index >= 15 is 0 Å². The number of hydrogen-bond donors (Lipinski definition) is 1. The van der Waals surface area contributed by atoms with Gasteiger partial charge in [0.1, 0.15) is 0 Å². The molecule has 2 rings (SSSR count). The average Bonchev–Trinajstić information content (AvgIpc) is 2.97. The summed E-state index contributed by atoms with van der Waals surface area (Å²) in [5, 5.41) is 2.83. The summed E-state index contributed by atoms with van der Waals surface area (Å²) in [6.45, 7) is 1.31. The number of amides is 1. The molecule has 1 atom stereocenters. The minimum atomic E-state index is -0.387. The third kappa shape index (κ3) is 3.93. The Balaban J connectivity index is 1.78. The molecule has 20 heavy (non-hydrogen) atoms. The van der Waals surface area contributed by atoms with E-state index in [1.807, 2.05) is 0 Å². The molecule has 1 fully saturated rings. The molecule has 0 aromatic heterocycles. The summed E-state index contributed by atoms with van der Waals surface area (Å²) in [6, 6.07) is 4.96. The van der Waals surface area contributed by atoms with Crippen LogP contribution in [0.1, 0.15) is 24.8 Å². The lowest BCUT2D eigenvalue weighted by Crippen LogP contribution is -2.31. The molecule has 1 aromatic carbocycles. The molecule has 0 radical (unpaired) electrons. The predicted molar refractivity (Wildman–Crippen MR) is 73.3 cm³/mol. The van der Waals surface area contributed by atoms with Gasteiger partial charge < -0.3 is 14.8 Å². The van der Waals surface area contributed by atoms with Crippen molar-refractivity contribution in [2.75, 3.05) is 20.3 Å². The van der Waals surface area contributed by atoms with Gasteiger partial charge >= 0.3 is 0 Å². The van der Waals surface area contributed by atoms with Gasteiger partial charge in [-0.3, -0.25) is 4.79 Å². The zero-order valence-electron chi connectivity index (χ0n) is 11.7. The van der Waals surface area contributed by atoms with Gasteiger partial charge in [-0.1, -0.05) is 12.1 Å². The van der Waals surface area contributed by atoms with Gasteiger partial charge in [0.05, 0.1) is 13.2 Å². The molecule has 1 N–H and O–H groups in total. The van der Waals surface area contributed by atoms with E-state index in [2.05, 4.69) is 5.32 Å². The smallest absolute Gasteiger partial charge is 0.220 e. The van der Waals surface area contributed by atoms with Crippen LogP contribution in [0.25, 0.3) is 0 Å². The molecule has 1 aliphatic rings. The molecule has 0 unspecified atom stereocenters. The Morgan fingerprint density at radius 1 is 1.55 bits per heavy atom. The maximum atomic E-state index is 13.9. The van der Waals surface area contributed by atoms with Crippen LogP contribution in [0, 0.1) is 5.82 Å². The number of carbonyl (C=O) groups is 1. The van der Waals surface area contributed by atoms with Crippen molar-refractivity contribution in [3.8, 4) is 5.75 Å². The molecule has 4 nitrogen and oxygen atoms in total. The summed E-state index contributed by atoms with van der Waals surface area (Å²) in [5.41, 5.74) is 0.497. The van der Waals surface area contributed by atoms with E-state index in [1.165, 1.54) is 7.11 Å². The fourth-order valence-electron chi connectivity index (χ4n) is 2.28. The number of aryl methyl sites for hydroxylation is 1. The van der Waals surface area contributed by atoms with Crippen molar-refractivity contribution >= 4 is 5.91 Å². The van der Waals surface area contributed by atoms with Crippen LogP contribution in [-0.4, -0.2) is 32.3 Å². The highest BCUT2D eigenvalue weighted by atomic mass is 19.1. The Bertz CT molecular complexity index is 458. The van der Waals surface area contributed by atoms with E-state index < -0.39 is 0 Å². The molecular weight excluding hydrogens is 261 g/mol. The highest BCUT2D eigenvalue weighted by molar-refractivity contribution is 5.76. The largest absolute Gasteiger partial charge is 0.494 e. The minimum Gasteiger partial charge on any atom is -0.494 e. The van der Waals surface area contributed by atoms with E-state index in [0.717, 1.165) is 19.4 Å². The predicted octanol–water partition coefficient (Wildman–Crippen LogP) is 2.06. The monoisotopic (exact) mass is 281 g/mol. The summed E-state index contributed by atoms with van der Waals surface area (Å²) in [4.78, 5) is 11.7. The van der Waals surface area contributed by atoms with E-state index in [-0.39, 0.29) is 30.0 Å². The third-order valence-corrected chi connectivity index (χ3v) is 3.44. The van der Waals surface area contributed by atoms with Crippen LogP contribution < -0.4 is 10.1 Å². The lowest BCUT2D eigenvalue weighted by Gasteiger charge is -2.11. The lowest BCUT2D eigenvalue weighted by molar-refractivity contribution is -0.121. The van der Waals surface area contributed by atoms with Crippen molar-refractivity contribution in [1.29, 1.82) is 0 Å². The first-order chi connectivity index (χ1) is 9.70. The summed E-state index contributed by atoms with van der Waals surface area (Å²) in [6.07, 6.45) is 2.80. The maximum Gasteiger partial charge on any atom is 0.220 e. The standard InChI is InChI=1S/C15H20FNO3/c1-19-13-6-2-4-11(15(13)16)7-8-14(18)17-10-12-5-3-9-20-12/h2,4,6,12H,3,5,7-10H2,1H3,(H,17,18)/t12-/m1/s1. The quantitative estimate of drug-likeness (QED) is 0.868. The highest BCUT2D eigenvalue weighted by Crippen LogP contribution is 2.20. The van der Waals surface area contributed by atoms with Gasteiger partial charge in [0, 0.05) is 19.6 Å². The van der Waals surface area contributed by atoms with Gasteiger partial charge in [0.2, 0.25) is 5.91 Å². The van der Waals surface area contributed by atoms with Crippen LogP contribution in [0.2, 0.25) is 0 Å². The summed E-state index contributed by atoms with van der Waals surface area (Å²) in [7, 11) is 1.43. The first-order valence-corrected chi connectivity index (χ1v) is 6.90. The summed E-state index contributed by atoms with van der Waals surface area (Å²) >= 11 is 0. The Hall–Kier alpha value is -1.62. The first kappa shape index (κ1) is 14.8. The summed E-state index contributed by atoms with van der Waals surface area (Å²) < 4.78 is 24.2. The Kier molecular flexibility index (Phi) is 5.35. The fourth-order valence-corrected chi connectivity index (χ4v) is 2.28. The minimum absolute atomic E-state index is 0.0808. The number of benzene rings is 1. The molecule has 1 amide bonds. The third-order valence-electron chi connectivity index (χ3n) is 3.44. The van der Waals surface area contributed by atoms with Gasteiger partial charge in [-0.2, -0.15) is 0 Å². The van der Waals surface area contributed by atoms with E-state index in [0.29, 0.717) is 18.5 Å². The van der Waals surface area contributed by atoms with Crippen molar-refractivity contribution < 1.29 is 18.7 Å². The van der Waals surface area contributed by atoms with Crippen molar-refractivity contribution in [2.45, 2.75) is 31.8 Å². The molecule has 1 heterocycles. The molecule has 0 bridgehead atoms. The number of hydrogen-bond acceptors (Lipinski definition) is 3. The SMILES string of the molecule is COc1cccc(CCC(=O)NC[C@H]2CCCO2)c1F. The lowest BCUT2D eigenvalue weighted by atomic mass is 10.1. The second kappa shape index (κ2) is 7.24. The fraction of sp³-hybridized carbons (Fsp3) is 0.533. The topological polar surface area (TPSA) is 47.6 Å². The van der Waals surface area contributed by atoms with Gasteiger partial charge in [-0.25, -0.2) is 4.39 Å². The van der Waals surface area contributed by atoms with Gasteiger partial charge in [0.25, 0.3) is 0 Å². The van der Waals surface area contributed by atoms with Crippen LogP contribution in [0.4, 0.5) is 4.39 Å². The van der Waals surface area contributed by atoms with E-state index in [1.54, 1.807) is 18.2 Å². The zero-order valence-corrected chi connectivity index (χ0v) is 11.7. The molecular formula is C15H20FNO3. The number of methoxy groups -OCH3 is 1. The van der Waals surface area contributed by atoms with Crippen molar-refractivity contribution in [2.24, 2.45) is 0 Å². The maximum absolute atomic E-state index is 13.9. The van der Waals surface area contributed by atoms with Crippen LogP contribution in [-0.2, 0) is 16.0 Å². The number of halogens is 1. The van der Waals surface area contributed by atoms with Crippen LogP contribution in [0.3, 0.4) is 0 Å². The molecule has 110 valence electrons. The van der Waals surface area contributed by atoms with Crippen LogP contribution in [0.5, 0.6) is 5.75 Å². The highest BCUT2D eigenvalue weighted by Gasteiger charge is 2.16. The normalized spacial score (nSPS) is 18.0. The van der Waals surface area contributed by atoms with Crippen molar-refractivity contribution in [3.63, 3.8) is 0 Å².